The Labute approximate surface area is 213 Å². The summed E-state index contributed by atoms with van der Waals surface area (Å²) < 4.78 is 41.1. The zero-order valence-corrected chi connectivity index (χ0v) is 21.8. The zero-order chi connectivity index (χ0) is 25.3. The molecule has 196 valence electrons. The average Bonchev–Trinajstić information content (AvgIpc) is 3.26. The summed E-state index contributed by atoms with van der Waals surface area (Å²) in [5.41, 5.74) is 3.24. The zero-order valence-electron chi connectivity index (χ0n) is 21.0. The lowest BCUT2D eigenvalue weighted by Gasteiger charge is -2.30. The summed E-state index contributed by atoms with van der Waals surface area (Å²) in [6, 6.07) is 9.43. The molecule has 9 nitrogen and oxygen atoms in total. The van der Waals surface area contributed by atoms with Crippen LogP contribution in [0.25, 0.3) is 0 Å². The van der Waals surface area contributed by atoms with Gasteiger partial charge in [-0.05, 0) is 62.1 Å². The van der Waals surface area contributed by atoms with Crippen LogP contribution in [0.2, 0.25) is 0 Å². The highest BCUT2D eigenvalue weighted by Crippen LogP contribution is 2.35. The minimum absolute atomic E-state index is 0.0101. The van der Waals surface area contributed by atoms with Crippen molar-refractivity contribution in [2.24, 2.45) is 0 Å². The van der Waals surface area contributed by atoms with Gasteiger partial charge in [-0.25, -0.2) is 13.1 Å². The Hall–Kier alpha value is -2.08. The molecular formula is C26H36N4O5S. The number of ether oxygens (including phenoxy) is 2. The predicted octanol–water partition coefficient (Wildman–Crippen LogP) is 1.50. The molecule has 4 heterocycles. The number of nitrogens with one attached hydrogen (secondary N) is 1. The maximum atomic E-state index is 13.2. The largest absolute Gasteiger partial charge is 0.486 e. The van der Waals surface area contributed by atoms with Crippen LogP contribution in [0.5, 0.6) is 5.75 Å². The number of hydrogen-bond donors (Lipinski definition) is 2. The van der Waals surface area contributed by atoms with E-state index in [1.165, 1.54) is 0 Å². The Morgan fingerprint density at radius 3 is 2.75 bits per heavy atom. The van der Waals surface area contributed by atoms with Gasteiger partial charge in [-0.3, -0.25) is 14.8 Å². The minimum Gasteiger partial charge on any atom is -0.486 e. The molecule has 0 aliphatic carbocycles. The van der Waals surface area contributed by atoms with Crippen molar-refractivity contribution in [3.63, 3.8) is 0 Å². The van der Waals surface area contributed by atoms with Crippen molar-refractivity contribution in [3.05, 3.63) is 53.3 Å². The Morgan fingerprint density at radius 1 is 1.17 bits per heavy atom. The van der Waals surface area contributed by atoms with E-state index >= 15 is 0 Å². The van der Waals surface area contributed by atoms with Gasteiger partial charge < -0.3 is 14.6 Å². The number of fused-ring (bicyclic) bond motifs is 2. The highest BCUT2D eigenvalue weighted by atomic mass is 32.2. The van der Waals surface area contributed by atoms with E-state index < -0.39 is 16.1 Å². The SMILES string of the molecule is Cc1cccnc1CN1C[C@@H]2Oc3cc(C4CCOCC4)ccc3S(=O)(=O)NC[C@H](O)CN(C)[C@@H]2C1. The number of hydrogen-bond acceptors (Lipinski definition) is 8. The van der Waals surface area contributed by atoms with Gasteiger partial charge in [0, 0.05) is 52.1 Å². The molecule has 2 fully saturated rings. The van der Waals surface area contributed by atoms with Gasteiger partial charge in [0.1, 0.15) is 16.7 Å². The van der Waals surface area contributed by atoms with Crippen molar-refractivity contribution in [2.45, 2.75) is 55.4 Å². The molecule has 5 rings (SSSR count). The second-order valence-electron chi connectivity index (χ2n) is 10.2. The Morgan fingerprint density at radius 2 is 1.97 bits per heavy atom. The average molecular weight is 517 g/mol. The molecule has 2 aromatic rings. The number of likely N-dealkylation sites (tertiary alicyclic amines) is 1. The monoisotopic (exact) mass is 516 g/mol. The van der Waals surface area contributed by atoms with Gasteiger partial charge in [0.15, 0.2) is 0 Å². The lowest BCUT2D eigenvalue weighted by Crippen LogP contribution is -2.47. The van der Waals surface area contributed by atoms with E-state index in [0.717, 1.165) is 36.2 Å². The summed E-state index contributed by atoms with van der Waals surface area (Å²) in [7, 11) is -1.89. The van der Waals surface area contributed by atoms with Gasteiger partial charge in [-0.15, -0.1) is 0 Å². The van der Waals surface area contributed by atoms with Gasteiger partial charge >= 0.3 is 0 Å². The smallest absolute Gasteiger partial charge is 0.244 e. The third-order valence-corrected chi connectivity index (χ3v) is 9.07. The molecule has 10 heteroatoms. The fraction of sp³-hybridized carbons (Fsp3) is 0.577. The number of β-amino-alcohol motifs (C(OH)–C–C–N with tert-alkyl or cyclic N) is 1. The Balaban J connectivity index is 1.48. The van der Waals surface area contributed by atoms with Crippen LogP contribution < -0.4 is 9.46 Å². The second kappa shape index (κ2) is 10.7. The van der Waals surface area contributed by atoms with Crippen molar-refractivity contribution in [3.8, 4) is 5.75 Å². The van der Waals surface area contributed by atoms with Crippen molar-refractivity contribution >= 4 is 10.0 Å². The molecule has 0 saturated carbocycles. The van der Waals surface area contributed by atoms with E-state index in [-0.39, 0.29) is 23.6 Å². The van der Waals surface area contributed by atoms with Crippen molar-refractivity contribution < 1.29 is 23.0 Å². The molecule has 0 spiro atoms. The molecule has 0 bridgehead atoms. The third-order valence-electron chi connectivity index (χ3n) is 7.61. The lowest BCUT2D eigenvalue weighted by atomic mass is 9.92. The van der Waals surface area contributed by atoms with Crippen molar-refractivity contribution in [2.75, 3.05) is 46.4 Å². The van der Waals surface area contributed by atoms with E-state index in [1.54, 1.807) is 6.07 Å². The number of benzene rings is 1. The van der Waals surface area contributed by atoms with Crippen LogP contribution in [-0.2, 0) is 21.3 Å². The number of nitrogens with zero attached hydrogens (tertiary/aromatic N) is 3. The fourth-order valence-corrected chi connectivity index (χ4v) is 6.69. The maximum Gasteiger partial charge on any atom is 0.244 e. The van der Waals surface area contributed by atoms with Crippen LogP contribution >= 0.6 is 0 Å². The minimum atomic E-state index is -3.85. The first-order chi connectivity index (χ1) is 17.3. The topological polar surface area (TPSA) is 104 Å². The molecule has 3 aliphatic rings. The fourth-order valence-electron chi connectivity index (χ4n) is 5.50. The molecule has 0 amide bonds. The number of aromatic nitrogens is 1. The van der Waals surface area contributed by atoms with E-state index in [0.29, 0.717) is 44.5 Å². The van der Waals surface area contributed by atoms with E-state index in [9.17, 15) is 13.5 Å². The highest BCUT2D eigenvalue weighted by molar-refractivity contribution is 7.89. The molecule has 1 aromatic carbocycles. The first-order valence-corrected chi connectivity index (χ1v) is 14.2. The molecule has 0 unspecified atom stereocenters. The van der Waals surface area contributed by atoms with E-state index in [2.05, 4.69) is 32.5 Å². The lowest BCUT2D eigenvalue weighted by molar-refractivity contribution is 0.0709. The van der Waals surface area contributed by atoms with E-state index in [4.69, 9.17) is 9.47 Å². The van der Waals surface area contributed by atoms with Crippen LogP contribution in [0.4, 0.5) is 0 Å². The highest BCUT2D eigenvalue weighted by Gasteiger charge is 2.39. The first-order valence-electron chi connectivity index (χ1n) is 12.7. The van der Waals surface area contributed by atoms with Gasteiger partial charge in [0.25, 0.3) is 0 Å². The maximum absolute atomic E-state index is 13.2. The number of aryl methyl sites for hydroxylation is 1. The first kappa shape index (κ1) is 25.6. The van der Waals surface area contributed by atoms with Gasteiger partial charge in [-0.2, -0.15) is 0 Å². The van der Waals surface area contributed by atoms with Crippen LogP contribution in [0.1, 0.15) is 35.6 Å². The van der Waals surface area contributed by atoms with Crippen LogP contribution in [0.3, 0.4) is 0 Å². The molecule has 36 heavy (non-hydrogen) atoms. The van der Waals surface area contributed by atoms with E-state index in [1.807, 2.05) is 31.4 Å². The third kappa shape index (κ3) is 5.58. The number of likely N-dealkylation sites (N-methyl/N-ethyl adjacent to an activating group) is 1. The van der Waals surface area contributed by atoms with Gasteiger partial charge in [0.05, 0.1) is 17.8 Å². The quantitative estimate of drug-likeness (QED) is 0.633. The summed E-state index contributed by atoms with van der Waals surface area (Å²) in [4.78, 5) is 9.06. The summed E-state index contributed by atoms with van der Waals surface area (Å²) in [5.74, 6) is 0.691. The number of sulfonamides is 1. The number of pyridine rings is 1. The van der Waals surface area contributed by atoms with Crippen molar-refractivity contribution in [1.29, 1.82) is 0 Å². The van der Waals surface area contributed by atoms with Crippen LogP contribution in [0.15, 0.2) is 41.4 Å². The molecule has 1 aromatic heterocycles. The Bertz CT molecular complexity index is 1170. The second-order valence-corrected chi connectivity index (χ2v) is 12.0. The predicted molar refractivity (Wildman–Crippen MR) is 136 cm³/mol. The number of aliphatic hydroxyl groups is 1. The van der Waals surface area contributed by atoms with Crippen LogP contribution in [0, 0.1) is 6.92 Å². The molecule has 0 radical (unpaired) electrons. The van der Waals surface area contributed by atoms with Crippen molar-refractivity contribution in [1.82, 2.24) is 19.5 Å². The summed E-state index contributed by atoms with van der Waals surface area (Å²) in [6.07, 6.45) is 2.53. The molecule has 3 aliphatic heterocycles. The number of aliphatic hydroxyl groups excluding tert-OH is 1. The summed E-state index contributed by atoms with van der Waals surface area (Å²) in [5, 5.41) is 10.6. The normalized spacial score (nSPS) is 28.0. The standard InChI is InChI=1S/C26H36N4O5S/c1-18-4-3-9-27-22(18)15-30-16-23-25(17-30)35-24-12-20(19-7-10-34-11-8-19)5-6-26(24)36(32,33)28-13-21(31)14-29(23)2/h3-6,9,12,19,21,23,25,28,31H,7-8,10-11,13-17H2,1-2H3/t21-,23+,25-/m0/s1. The number of rotatable bonds is 3. The molecular weight excluding hydrogens is 480 g/mol. The molecule has 2 N–H and O–H groups in total. The molecule has 3 atom stereocenters. The van der Waals surface area contributed by atoms with Gasteiger partial charge in [-0.1, -0.05) is 12.1 Å². The summed E-state index contributed by atoms with van der Waals surface area (Å²) in [6.45, 7) is 5.82. The van der Waals surface area contributed by atoms with Crippen LogP contribution in [-0.4, -0.2) is 93.0 Å². The van der Waals surface area contributed by atoms with Gasteiger partial charge in [0.2, 0.25) is 10.0 Å². The Kier molecular flexibility index (Phi) is 7.62. The molecule has 2 saturated heterocycles. The summed E-state index contributed by atoms with van der Waals surface area (Å²) >= 11 is 0.